The van der Waals surface area contributed by atoms with E-state index in [1.54, 1.807) is 19.1 Å². The van der Waals surface area contributed by atoms with Crippen LogP contribution in [0.25, 0.3) is 0 Å². The summed E-state index contributed by atoms with van der Waals surface area (Å²) in [5, 5.41) is 9.63. The average Bonchev–Trinajstić information content (AvgIpc) is 2.71. The normalized spacial score (nSPS) is 15.4. The zero-order valence-corrected chi connectivity index (χ0v) is 19.6. The lowest BCUT2D eigenvalue weighted by Gasteiger charge is -2.22. The Bertz CT molecular complexity index is 879. The van der Waals surface area contributed by atoms with Gasteiger partial charge in [0.2, 0.25) is 0 Å². The van der Waals surface area contributed by atoms with Gasteiger partial charge in [-0.15, -0.1) is 0 Å². The van der Waals surface area contributed by atoms with Gasteiger partial charge < -0.3 is 16.0 Å². The van der Waals surface area contributed by atoms with Gasteiger partial charge in [0, 0.05) is 11.7 Å². The van der Waals surface area contributed by atoms with Crippen LogP contribution in [0.3, 0.4) is 0 Å². The number of allylic oxidation sites excluding steroid dienone is 1. The van der Waals surface area contributed by atoms with Gasteiger partial charge in [-0.05, 0) is 44.9 Å². The van der Waals surface area contributed by atoms with E-state index in [0.29, 0.717) is 29.7 Å². The number of amides is 1. The van der Waals surface area contributed by atoms with Crippen LogP contribution >= 0.6 is 0 Å². The molecule has 0 fully saturated rings. The third-order valence-corrected chi connectivity index (χ3v) is 5.18. The van der Waals surface area contributed by atoms with E-state index in [-0.39, 0.29) is 17.8 Å². The smallest absolute Gasteiger partial charge is 0.265 e. The Morgan fingerprint density at radius 1 is 1.35 bits per heavy atom. The van der Waals surface area contributed by atoms with Crippen LogP contribution in [0, 0.1) is 5.82 Å². The van der Waals surface area contributed by atoms with Crippen molar-refractivity contribution in [1.29, 1.82) is 0 Å². The lowest BCUT2D eigenvalue weighted by atomic mass is 9.60. The highest BCUT2D eigenvalue weighted by Gasteiger charge is 2.19. The number of aliphatic imine (C=N–C) groups is 2. The second kappa shape index (κ2) is 11.7. The van der Waals surface area contributed by atoms with Crippen molar-refractivity contribution in [1.82, 2.24) is 10.6 Å². The van der Waals surface area contributed by atoms with E-state index in [2.05, 4.69) is 53.6 Å². The number of hydrogen-bond acceptors (Lipinski definition) is 5. The van der Waals surface area contributed by atoms with Gasteiger partial charge in [0.25, 0.3) is 5.91 Å². The molecule has 0 spiro atoms. The number of anilines is 1. The second-order valence-electron chi connectivity index (χ2n) is 8.39. The quantitative estimate of drug-likeness (QED) is 0.395. The van der Waals surface area contributed by atoms with Crippen LogP contribution in [-0.4, -0.2) is 37.3 Å². The fourth-order valence-electron chi connectivity index (χ4n) is 3.48. The molecule has 1 atom stereocenters. The number of halogens is 1. The molecule has 0 saturated carbocycles. The van der Waals surface area contributed by atoms with E-state index in [1.807, 2.05) is 6.92 Å². The largest absolute Gasteiger partial charge is 0.351 e. The Morgan fingerprint density at radius 3 is 2.74 bits per heavy atom. The summed E-state index contributed by atoms with van der Waals surface area (Å²) in [6.45, 7) is 12.4. The number of nitrogens with zero attached hydrogens (tertiary/aromatic N) is 2. The summed E-state index contributed by atoms with van der Waals surface area (Å²) in [5.74, 6) is 0.620. The van der Waals surface area contributed by atoms with Crippen LogP contribution in [0.5, 0.6) is 0 Å². The van der Waals surface area contributed by atoms with Gasteiger partial charge in [-0.3, -0.25) is 9.79 Å². The van der Waals surface area contributed by atoms with Crippen molar-refractivity contribution in [3.63, 3.8) is 0 Å². The molecule has 0 radical (unpaired) electrons. The van der Waals surface area contributed by atoms with Gasteiger partial charge in [-0.1, -0.05) is 45.4 Å². The van der Waals surface area contributed by atoms with Crippen LogP contribution < -0.4 is 21.4 Å². The number of hydrogen-bond donors (Lipinski definition) is 3. The maximum atomic E-state index is 13.8. The van der Waals surface area contributed by atoms with Crippen LogP contribution in [0.2, 0.25) is 5.82 Å². The molecule has 1 aromatic rings. The van der Waals surface area contributed by atoms with Crippen molar-refractivity contribution in [2.24, 2.45) is 9.98 Å². The monoisotopic (exact) mass is 427 g/mol. The molecular formula is C23H35BFN5O. The summed E-state index contributed by atoms with van der Waals surface area (Å²) in [6, 6.07) is 4.88. The lowest BCUT2D eigenvalue weighted by molar-refractivity contribution is -0.115. The van der Waals surface area contributed by atoms with Gasteiger partial charge in [0.05, 0.1) is 5.71 Å². The molecule has 0 aliphatic carbocycles. The fraction of sp³-hybridized carbons (Fsp3) is 0.522. The van der Waals surface area contributed by atoms with Crippen LogP contribution in [0.4, 0.5) is 10.1 Å². The molecule has 8 heteroatoms. The third-order valence-electron chi connectivity index (χ3n) is 5.18. The summed E-state index contributed by atoms with van der Waals surface area (Å²) in [7, 11) is 0.746. The van der Waals surface area contributed by atoms with Gasteiger partial charge in [-0.2, -0.15) is 0 Å². The van der Waals surface area contributed by atoms with Crippen molar-refractivity contribution in [2.45, 2.75) is 72.7 Å². The second-order valence-corrected chi connectivity index (χ2v) is 8.39. The van der Waals surface area contributed by atoms with E-state index in [4.69, 9.17) is 0 Å². The molecule has 0 aromatic heterocycles. The highest BCUT2D eigenvalue weighted by atomic mass is 19.1. The predicted octanol–water partition coefficient (Wildman–Crippen LogP) is 3.47. The highest BCUT2D eigenvalue weighted by Crippen LogP contribution is 2.16. The van der Waals surface area contributed by atoms with Crippen molar-refractivity contribution < 1.29 is 9.18 Å². The minimum absolute atomic E-state index is 0.145. The molecule has 0 saturated heterocycles. The summed E-state index contributed by atoms with van der Waals surface area (Å²) >= 11 is 0. The van der Waals surface area contributed by atoms with Gasteiger partial charge in [-0.25, -0.2) is 9.38 Å². The molecule has 2 rings (SSSR count). The van der Waals surface area contributed by atoms with E-state index in [0.717, 1.165) is 43.4 Å². The fourth-order valence-corrected chi connectivity index (χ4v) is 3.48. The minimum atomic E-state index is -0.257. The molecule has 1 amide bonds. The Balaban J connectivity index is 2.33. The Kier molecular flexibility index (Phi) is 9.28. The van der Waals surface area contributed by atoms with E-state index in [1.165, 1.54) is 6.07 Å². The number of benzene rings is 1. The van der Waals surface area contributed by atoms with Crippen molar-refractivity contribution >= 4 is 35.8 Å². The van der Waals surface area contributed by atoms with E-state index >= 15 is 0 Å². The van der Waals surface area contributed by atoms with Crippen molar-refractivity contribution in [3.8, 4) is 0 Å². The standard InChI is InChI=1S/C23H35BFN5O/c1-7-9-18(8-2)29-23(31)16(6)28-21-15(5)26-13-27-22(21)30-20-11-10-17(25)12-19(20)24-14(3)4/h10-12,14,18,24,27,30H,7-9,13H2,1-6H3,(H,29,31)/b28-16+. The minimum Gasteiger partial charge on any atom is -0.351 e. The lowest BCUT2D eigenvalue weighted by Crippen LogP contribution is -2.38. The van der Waals surface area contributed by atoms with Crippen molar-refractivity contribution in [2.75, 3.05) is 12.0 Å². The first kappa shape index (κ1) is 24.6. The summed E-state index contributed by atoms with van der Waals surface area (Å²) in [5.41, 5.74) is 3.41. The molecule has 31 heavy (non-hydrogen) atoms. The number of rotatable bonds is 10. The first-order valence-corrected chi connectivity index (χ1v) is 11.2. The van der Waals surface area contributed by atoms with E-state index < -0.39 is 0 Å². The molecule has 168 valence electrons. The molecule has 6 nitrogen and oxygen atoms in total. The van der Waals surface area contributed by atoms with Gasteiger partial charge in [0.15, 0.2) is 7.28 Å². The maximum absolute atomic E-state index is 13.8. The summed E-state index contributed by atoms with van der Waals surface area (Å²) in [4.78, 5) is 21.7. The maximum Gasteiger partial charge on any atom is 0.265 e. The first-order valence-electron chi connectivity index (χ1n) is 11.2. The molecule has 3 N–H and O–H groups in total. The molecule has 1 aliphatic heterocycles. The molecular weight excluding hydrogens is 392 g/mol. The number of nitrogens with one attached hydrogen (secondary N) is 3. The zero-order chi connectivity index (χ0) is 23.0. The highest BCUT2D eigenvalue weighted by molar-refractivity contribution is 6.56. The molecule has 1 unspecified atom stereocenters. The Hall–Kier alpha value is -2.64. The van der Waals surface area contributed by atoms with Crippen molar-refractivity contribution in [3.05, 3.63) is 35.5 Å². The summed E-state index contributed by atoms with van der Waals surface area (Å²) in [6.07, 6.45) is 2.84. The summed E-state index contributed by atoms with van der Waals surface area (Å²) < 4.78 is 13.8. The molecule has 1 heterocycles. The molecule has 1 aliphatic rings. The number of carbonyl (C=O) groups excluding carboxylic acids is 1. The average molecular weight is 427 g/mol. The molecule has 0 bridgehead atoms. The number of carbonyl (C=O) groups is 1. The molecule has 1 aromatic carbocycles. The Labute approximate surface area is 186 Å². The van der Waals surface area contributed by atoms with Gasteiger partial charge >= 0.3 is 0 Å². The van der Waals surface area contributed by atoms with Crippen LogP contribution in [0.15, 0.2) is 39.7 Å². The van der Waals surface area contributed by atoms with Crippen LogP contribution in [0.1, 0.15) is 60.8 Å². The topological polar surface area (TPSA) is 77.9 Å². The van der Waals surface area contributed by atoms with Crippen LogP contribution in [-0.2, 0) is 4.79 Å². The Morgan fingerprint density at radius 2 is 2.10 bits per heavy atom. The third kappa shape index (κ3) is 7.22. The zero-order valence-electron chi connectivity index (χ0n) is 19.6. The van der Waals surface area contributed by atoms with Gasteiger partial charge in [0.1, 0.15) is 29.7 Å². The SMILES string of the molecule is CCCC(CC)NC(=O)/C(C)=N/C1=C(Nc2ccc(F)cc2BC(C)C)NCN=C1C. The first-order chi connectivity index (χ1) is 14.7. The predicted molar refractivity (Wildman–Crippen MR) is 130 cm³/mol. The van der Waals surface area contributed by atoms with E-state index in [9.17, 15) is 9.18 Å².